The van der Waals surface area contributed by atoms with Crippen LogP contribution in [0.25, 0.3) is 0 Å². The van der Waals surface area contributed by atoms with Crippen molar-refractivity contribution in [3.8, 4) is 0 Å². The van der Waals surface area contributed by atoms with E-state index in [1.165, 1.54) is 0 Å². The van der Waals surface area contributed by atoms with Crippen LogP contribution in [0.3, 0.4) is 0 Å². The Balaban J connectivity index is 1.78. The second-order valence-corrected chi connectivity index (χ2v) is 6.46. The van der Waals surface area contributed by atoms with Crippen molar-refractivity contribution >= 4 is 5.91 Å². The number of nitrogens with two attached hydrogens (primary N) is 1. The van der Waals surface area contributed by atoms with Crippen LogP contribution in [0.4, 0.5) is 0 Å². The van der Waals surface area contributed by atoms with E-state index in [4.69, 9.17) is 10.5 Å². The van der Waals surface area contributed by atoms with Gasteiger partial charge in [-0.25, -0.2) is 0 Å². The Labute approximate surface area is 116 Å². The third kappa shape index (κ3) is 3.48. The largest absolute Gasteiger partial charge is 0.374 e. The highest BCUT2D eigenvalue weighted by Gasteiger charge is 2.41. The molecule has 1 amide bonds. The van der Waals surface area contributed by atoms with Gasteiger partial charge in [-0.1, -0.05) is 6.92 Å². The van der Waals surface area contributed by atoms with Crippen LogP contribution in [0.15, 0.2) is 0 Å². The molecule has 110 valence electrons. The van der Waals surface area contributed by atoms with Crippen molar-refractivity contribution in [2.24, 2.45) is 23.5 Å². The first-order valence-corrected chi connectivity index (χ1v) is 7.67. The highest BCUT2D eigenvalue weighted by Crippen LogP contribution is 2.32. The van der Waals surface area contributed by atoms with E-state index in [1.54, 1.807) is 0 Å². The average Bonchev–Trinajstić information content (AvgIpc) is 2.62. The Morgan fingerprint density at radius 3 is 2.32 bits per heavy atom. The van der Waals surface area contributed by atoms with Crippen LogP contribution in [0.2, 0.25) is 0 Å². The molecule has 2 aliphatic rings. The third-order valence-corrected chi connectivity index (χ3v) is 5.00. The molecule has 1 aliphatic heterocycles. The Kier molecular flexibility index (Phi) is 4.85. The molecule has 1 saturated heterocycles. The number of nitrogens with one attached hydrogen (secondary N) is 1. The lowest BCUT2D eigenvalue weighted by Crippen LogP contribution is -2.40. The van der Waals surface area contributed by atoms with Gasteiger partial charge in [-0.05, 0) is 51.4 Å². The van der Waals surface area contributed by atoms with Crippen molar-refractivity contribution in [2.45, 2.75) is 64.7 Å². The molecule has 0 spiro atoms. The zero-order valence-electron chi connectivity index (χ0n) is 12.4. The highest BCUT2D eigenvalue weighted by molar-refractivity contribution is 5.79. The zero-order chi connectivity index (χ0) is 14.0. The summed E-state index contributed by atoms with van der Waals surface area (Å²) in [5, 5.41) is 3.13. The highest BCUT2D eigenvalue weighted by atomic mass is 16.5. The quantitative estimate of drug-likeness (QED) is 0.818. The minimum atomic E-state index is 0.000785. The fourth-order valence-corrected chi connectivity index (χ4v) is 3.47. The summed E-state index contributed by atoms with van der Waals surface area (Å²) >= 11 is 0. The van der Waals surface area contributed by atoms with Crippen molar-refractivity contribution in [1.82, 2.24) is 5.32 Å². The maximum Gasteiger partial charge on any atom is 0.226 e. The van der Waals surface area contributed by atoms with E-state index in [0.29, 0.717) is 17.9 Å². The van der Waals surface area contributed by atoms with Crippen LogP contribution in [0.5, 0.6) is 0 Å². The van der Waals surface area contributed by atoms with Gasteiger partial charge in [0.25, 0.3) is 0 Å². The van der Waals surface area contributed by atoms with Crippen molar-refractivity contribution < 1.29 is 9.53 Å². The van der Waals surface area contributed by atoms with E-state index < -0.39 is 0 Å². The van der Waals surface area contributed by atoms with Gasteiger partial charge >= 0.3 is 0 Å². The van der Waals surface area contributed by atoms with Gasteiger partial charge in [-0.2, -0.15) is 0 Å². The second-order valence-electron chi connectivity index (χ2n) is 6.46. The molecule has 19 heavy (non-hydrogen) atoms. The lowest BCUT2D eigenvalue weighted by atomic mass is 9.85. The van der Waals surface area contributed by atoms with E-state index in [-0.39, 0.29) is 24.0 Å². The first kappa shape index (κ1) is 14.8. The van der Waals surface area contributed by atoms with E-state index in [1.807, 2.05) is 6.92 Å². The van der Waals surface area contributed by atoms with Crippen molar-refractivity contribution in [1.29, 1.82) is 0 Å². The first-order chi connectivity index (χ1) is 8.99. The first-order valence-electron chi connectivity index (χ1n) is 7.67. The molecular weight excluding hydrogens is 240 g/mol. The van der Waals surface area contributed by atoms with Crippen LogP contribution in [0, 0.1) is 17.8 Å². The van der Waals surface area contributed by atoms with Crippen molar-refractivity contribution in [3.05, 3.63) is 0 Å². The van der Waals surface area contributed by atoms with Crippen molar-refractivity contribution in [3.63, 3.8) is 0 Å². The molecular formula is C15H28N2O2. The number of carbonyl (C=O) groups excluding carboxylic acids is 1. The number of amides is 1. The van der Waals surface area contributed by atoms with Gasteiger partial charge in [-0.15, -0.1) is 0 Å². The minimum absolute atomic E-state index is 0.000785. The van der Waals surface area contributed by atoms with Gasteiger partial charge in [0.2, 0.25) is 5.91 Å². The van der Waals surface area contributed by atoms with E-state index in [0.717, 1.165) is 32.2 Å². The number of hydrogen-bond donors (Lipinski definition) is 2. The topological polar surface area (TPSA) is 64.3 Å². The van der Waals surface area contributed by atoms with Gasteiger partial charge in [0, 0.05) is 12.6 Å². The molecule has 1 aliphatic carbocycles. The Morgan fingerprint density at radius 2 is 1.79 bits per heavy atom. The van der Waals surface area contributed by atoms with Crippen LogP contribution in [-0.2, 0) is 9.53 Å². The minimum Gasteiger partial charge on any atom is -0.374 e. The summed E-state index contributed by atoms with van der Waals surface area (Å²) in [5.74, 6) is 1.07. The Morgan fingerprint density at radius 1 is 1.16 bits per heavy atom. The molecule has 1 saturated carbocycles. The fourth-order valence-electron chi connectivity index (χ4n) is 3.47. The average molecular weight is 268 g/mol. The molecule has 0 aromatic heterocycles. The maximum absolute atomic E-state index is 12.3. The molecule has 4 atom stereocenters. The summed E-state index contributed by atoms with van der Waals surface area (Å²) < 4.78 is 5.74. The summed E-state index contributed by atoms with van der Waals surface area (Å²) in [7, 11) is 0. The maximum atomic E-state index is 12.3. The Bertz CT molecular complexity index is 313. The molecule has 4 unspecified atom stereocenters. The predicted octanol–water partition coefficient (Wildman–Crippen LogP) is 1.68. The standard InChI is InChI=1S/C15H28N2O2/c1-9-10(2)19-11(3)14(9)15(18)17-8-12-4-6-13(16)7-5-12/h9-14H,4-8,16H2,1-3H3,(H,17,18). The summed E-state index contributed by atoms with van der Waals surface area (Å²) in [5.41, 5.74) is 5.90. The number of rotatable bonds is 3. The van der Waals surface area contributed by atoms with E-state index in [2.05, 4.69) is 19.2 Å². The Hall–Kier alpha value is -0.610. The van der Waals surface area contributed by atoms with Gasteiger partial charge in [0.05, 0.1) is 18.1 Å². The summed E-state index contributed by atoms with van der Waals surface area (Å²) in [6.45, 7) is 6.97. The van der Waals surface area contributed by atoms with Gasteiger partial charge in [0.1, 0.15) is 0 Å². The molecule has 0 radical (unpaired) electrons. The second kappa shape index (κ2) is 6.23. The lowest BCUT2D eigenvalue weighted by molar-refractivity contribution is -0.127. The monoisotopic (exact) mass is 268 g/mol. The number of ether oxygens (including phenoxy) is 1. The lowest BCUT2D eigenvalue weighted by Gasteiger charge is -2.27. The third-order valence-electron chi connectivity index (χ3n) is 5.00. The van der Waals surface area contributed by atoms with Crippen molar-refractivity contribution in [2.75, 3.05) is 6.54 Å². The molecule has 3 N–H and O–H groups in total. The normalized spacial score (nSPS) is 43.2. The van der Waals surface area contributed by atoms with Crippen LogP contribution in [-0.4, -0.2) is 30.7 Å². The molecule has 0 bridgehead atoms. The molecule has 1 heterocycles. The smallest absolute Gasteiger partial charge is 0.226 e. The van der Waals surface area contributed by atoms with Gasteiger partial charge in [-0.3, -0.25) is 4.79 Å². The summed E-state index contributed by atoms with van der Waals surface area (Å²) in [6, 6.07) is 0.371. The molecule has 2 rings (SSSR count). The summed E-state index contributed by atoms with van der Waals surface area (Å²) in [6.07, 6.45) is 4.69. The van der Waals surface area contributed by atoms with Gasteiger partial charge < -0.3 is 15.8 Å². The zero-order valence-corrected chi connectivity index (χ0v) is 12.4. The molecule has 0 aromatic carbocycles. The van der Waals surface area contributed by atoms with Crippen LogP contribution in [0.1, 0.15) is 46.5 Å². The summed E-state index contributed by atoms with van der Waals surface area (Å²) in [4.78, 5) is 12.3. The molecule has 4 heteroatoms. The number of carbonyl (C=O) groups is 1. The van der Waals surface area contributed by atoms with Crippen LogP contribution >= 0.6 is 0 Å². The number of hydrogen-bond acceptors (Lipinski definition) is 3. The molecule has 4 nitrogen and oxygen atoms in total. The molecule has 2 fully saturated rings. The van der Waals surface area contributed by atoms with Crippen LogP contribution < -0.4 is 11.1 Å². The van der Waals surface area contributed by atoms with Gasteiger partial charge in [0.15, 0.2) is 0 Å². The van der Waals surface area contributed by atoms with E-state index >= 15 is 0 Å². The SMILES string of the molecule is CC1OC(C)C(C(=O)NCC2CCC(N)CC2)C1C. The predicted molar refractivity (Wildman–Crippen MR) is 75.6 cm³/mol. The fraction of sp³-hybridized carbons (Fsp3) is 0.933. The molecule has 0 aromatic rings. The van der Waals surface area contributed by atoms with E-state index in [9.17, 15) is 4.79 Å².